The zero-order chi connectivity index (χ0) is 22.1. The number of aromatic nitrogens is 1. The van der Waals surface area contributed by atoms with Gasteiger partial charge in [-0.1, -0.05) is 23.4 Å². The summed E-state index contributed by atoms with van der Waals surface area (Å²) in [6.45, 7) is -0.293. The highest BCUT2D eigenvalue weighted by Gasteiger charge is 2.48. The zero-order valence-corrected chi connectivity index (χ0v) is 17.3. The Morgan fingerprint density at radius 1 is 1.19 bits per heavy atom. The van der Waals surface area contributed by atoms with E-state index >= 15 is 0 Å². The number of rotatable bonds is 7. The van der Waals surface area contributed by atoms with Gasteiger partial charge in [0.05, 0.1) is 17.5 Å². The number of hydrogen-bond acceptors (Lipinski definition) is 7. The van der Waals surface area contributed by atoms with Gasteiger partial charge in [-0.15, -0.1) is 0 Å². The molecule has 0 aliphatic carbocycles. The molecule has 10 heteroatoms. The van der Waals surface area contributed by atoms with E-state index < -0.39 is 21.7 Å². The zero-order valence-electron chi connectivity index (χ0n) is 16.5. The molecule has 1 aliphatic heterocycles. The van der Waals surface area contributed by atoms with Crippen LogP contribution >= 0.6 is 0 Å². The van der Waals surface area contributed by atoms with Gasteiger partial charge in [0.15, 0.2) is 5.76 Å². The Morgan fingerprint density at radius 2 is 1.90 bits per heavy atom. The summed E-state index contributed by atoms with van der Waals surface area (Å²) in [4.78, 5) is 0.106. The normalized spacial score (nSPS) is 22.1. The van der Waals surface area contributed by atoms with Crippen molar-refractivity contribution >= 4 is 10.0 Å². The number of nitrogens with zero attached hydrogens (tertiary/aromatic N) is 2. The second-order valence-corrected chi connectivity index (χ2v) is 9.46. The van der Waals surface area contributed by atoms with Crippen molar-refractivity contribution in [1.82, 2.24) is 14.8 Å². The molecule has 8 nitrogen and oxygen atoms in total. The van der Waals surface area contributed by atoms with Crippen molar-refractivity contribution in [2.24, 2.45) is 0 Å². The van der Waals surface area contributed by atoms with Gasteiger partial charge in [0.1, 0.15) is 17.1 Å². The van der Waals surface area contributed by atoms with Crippen LogP contribution in [0.3, 0.4) is 0 Å². The van der Waals surface area contributed by atoms with E-state index in [0.717, 1.165) is 4.31 Å². The van der Waals surface area contributed by atoms with E-state index in [0.29, 0.717) is 17.0 Å². The molecule has 1 saturated heterocycles. The maximum absolute atomic E-state index is 13.0. The summed E-state index contributed by atoms with van der Waals surface area (Å²) in [7, 11) is -3.82. The molecule has 0 radical (unpaired) electrons. The van der Waals surface area contributed by atoms with E-state index in [1.807, 2.05) is 0 Å². The van der Waals surface area contributed by atoms with Gasteiger partial charge in [-0.2, -0.15) is 4.31 Å². The minimum absolute atomic E-state index is 0.0540. The van der Waals surface area contributed by atoms with E-state index in [1.54, 1.807) is 36.4 Å². The first-order valence-corrected chi connectivity index (χ1v) is 11.1. The Morgan fingerprint density at radius 3 is 2.61 bits per heavy atom. The largest absolute Gasteiger partial charge is 0.389 e. The highest BCUT2D eigenvalue weighted by molar-refractivity contribution is 7.89. The third-order valence-electron chi connectivity index (χ3n) is 5.26. The Labute approximate surface area is 179 Å². The smallest absolute Gasteiger partial charge is 0.243 e. The molecule has 0 saturated carbocycles. The number of aliphatic hydroxyl groups excluding tert-OH is 1. The van der Waals surface area contributed by atoms with Gasteiger partial charge < -0.3 is 20.1 Å². The van der Waals surface area contributed by atoms with Crippen molar-refractivity contribution in [3.63, 3.8) is 0 Å². The molecule has 2 aromatic carbocycles. The topological polar surface area (TPSA) is 116 Å². The van der Waals surface area contributed by atoms with Crippen LogP contribution in [0.1, 0.15) is 5.76 Å². The molecule has 3 aromatic rings. The lowest BCUT2D eigenvalue weighted by Crippen LogP contribution is -2.50. The Hall–Kier alpha value is -2.63. The molecular formula is C21H22FN3O5S. The second kappa shape index (κ2) is 8.48. The van der Waals surface area contributed by atoms with Crippen LogP contribution in [0, 0.1) is 5.82 Å². The fourth-order valence-electron chi connectivity index (χ4n) is 3.49. The van der Waals surface area contributed by atoms with Crippen LogP contribution in [-0.2, 0) is 16.6 Å². The van der Waals surface area contributed by atoms with Crippen LogP contribution in [0.15, 0.2) is 70.1 Å². The first-order chi connectivity index (χ1) is 14.8. The molecule has 0 amide bonds. The quantitative estimate of drug-likeness (QED) is 0.501. The number of nitrogens with one attached hydrogen (secondary N) is 1. The van der Waals surface area contributed by atoms with E-state index in [1.165, 1.54) is 24.3 Å². The molecule has 4 rings (SSSR count). The molecule has 0 spiro atoms. The molecule has 0 bridgehead atoms. The molecule has 31 heavy (non-hydrogen) atoms. The van der Waals surface area contributed by atoms with Gasteiger partial charge in [-0.3, -0.25) is 0 Å². The molecule has 1 aliphatic rings. The number of sulfonamides is 1. The lowest BCUT2D eigenvalue weighted by atomic mass is 10.0. The molecule has 1 aromatic heterocycles. The lowest BCUT2D eigenvalue weighted by Gasteiger charge is -2.26. The van der Waals surface area contributed by atoms with E-state index in [-0.39, 0.29) is 36.9 Å². The summed E-state index contributed by atoms with van der Waals surface area (Å²) in [5.41, 5.74) is -0.415. The minimum atomic E-state index is -3.82. The van der Waals surface area contributed by atoms with Gasteiger partial charge in [0, 0.05) is 31.3 Å². The van der Waals surface area contributed by atoms with Crippen LogP contribution in [0.2, 0.25) is 0 Å². The summed E-state index contributed by atoms with van der Waals surface area (Å²) in [6, 6.07) is 15.4. The Balaban J connectivity index is 1.37. The van der Waals surface area contributed by atoms with Crippen molar-refractivity contribution in [1.29, 1.82) is 0 Å². The fraction of sp³-hybridized carbons (Fsp3) is 0.286. The first-order valence-electron chi connectivity index (χ1n) is 9.66. The SMILES string of the molecule is O=S(=O)(c1ccccc1)N1C[C@@H](O)[C@](O)(CNCc2cc(-c3ccc(F)cc3)no2)C1. The van der Waals surface area contributed by atoms with Crippen LogP contribution in [0.5, 0.6) is 0 Å². The first kappa shape index (κ1) is 21.6. The molecule has 0 unspecified atom stereocenters. The number of β-amino-alcohol motifs (C(OH)–C–C–N with tert-alkyl or cyclic N) is 2. The predicted octanol–water partition coefficient (Wildman–Crippen LogP) is 1.37. The minimum Gasteiger partial charge on any atom is -0.389 e. The van der Waals surface area contributed by atoms with Crippen molar-refractivity contribution in [3.05, 3.63) is 72.2 Å². The van der Waals surface area contributed by atoms with Crippen LogP contribution < -0.4 is 5.32 Å². The highest BCUT2D eigenvalue weighted by Crippen LogP contribution is 2.27. The fourth-order valence-corrected chi connectivity index (χ4v) is 5.02. The molecule has 2 heterocycles. The summed E-state index contributed by atoms with van der Waals surface area (Å²) in [5.74, 6) is 0.130. The van der Waals surface area contributed by atoms with Gasteiger partial charge in [0.25, 0.3) is 0 Å². The summed E-state index contributed by atoms with van der Waals surface area (Å²) in [5, 5.41) is 28.1. The van der Waals surface area contributed by atoms with Gasteiger partial charge in [-0.05, 0) is 36.4 Å². The van der Waals surface area contributed by atoms with Gasteiger partial charge in [0.2, 0.25) is 10.0 Å². The van der Waals surface area contributed by atoms with Crippen molar-refractivity contribution in [2.45, 2.75) is 23.1 Å². The Kier molecular flexibility index (Phi) is 5.91. The van der Waals surface area contributed by atoms with E-state index in [9.17, 15) is 23.0 Å². The van der Waals surface area contributed by atoms with Gasteiger partial charge in [-0.25, -0.2) is 12.8 Å². The maximum atomic E-state index is 13.0. The summed E-state index contributed by atoms with van der Waals surface area (Å²) >= 11 is 0. The van der Waals surface area contributed by atoms with E-state index in [2.05, 4.69) is 10.5 Å². The lowest BCUT2D eigenvalue weighted by molar-refractivity contribution is -0.0387. The second-order valence-electron chi connectivity index (χ2n) is 7.52. The van der Waals surface area contributed by atoms with Gasteiger partial charge >= 0.3 is 0 Å². The molecule has 2 atom stereocenters. The third kappa shape index (κ3) is 4.53. The van der Waals surface area contributed by atoms with Crippen molar-refractivity contribution in [3.8, 4) is 11.3 Å². The molecule has 164 valence electrons. The third-order valence-corrected chi connectivity index (χ3v) is 7.08. The average molecular weight is 447 g/mol. The van der Waals surface area contributed by atoms with Crippen LogP contribution in [0.25, 0.3) is 11.3 Å². The average Bonchev–Trinajstić information content (AvgIpc) is 3.34. The summed E-state index contributed by atoms with van der Waals surface area (Å²) in [6.07, 6.45) is -1.25. The molecular weight excluding hydrogens is 425 g/mol. The van der Waals surface area contributed by atoms with Crippen LogP contribution in [-0.4, -0.2) is 59.4 Å². The number of hydrogen-bond donors (Lipinski definition) is 3. The predicted molar refractivity (Wildman–Crippen MR) is 110 cm³/mol. The maximum Gasteiger partial charge on any atom is 0.243 e. The monoisotopic (exact) mass is 447 g/mol. The van der Waals surface area contributed by atoms with Crippen LogP contribution in [0.4, 0.5) is 4.39 Å². The number of halogens is 1. The van der Waals surface area contributed by atoms with E-state index in [4.69, 9.17) is 4.52 Å². The Bertz CT molecular complexity index is 1140. The number of aliphatic hydroxyl groups is 2. The van der Waals surface area contributed by atoms with Crippen molar-refractivity contribution in [2.75, 3.05) is 19.6 Å². The highest BCUT2D eigenvalue weighted by atomic mass is 32.2. The molecule has 3 N–H and O–H groups in total. The standard InChI is InChI=1S/C21H22FN3O5S/c22-16-8-6-15(7-9-16)19-10-17(30-24-19)11-23-13-21(27)14-25(12-20(21)26)31(28,29)18-4-2-1-3-5-18/h1-10,20,23,26-27H,11-14H2/t20-,21+/m1/s1. The van der Waals surface area contributed by atoms with Crippen molar-refractivity contribution < 1.29 is 27.5 Å². The molecule has 1 fully saturated rings. The number of benzene rings is 2. The summed E-state index contributed by atoms with van der Waals surface area (Å²) < 4.78 is 44.9.